The summed E-state index contributed by atoms with van der Waals surface area (Å²) in [6.07, 6.45) is 1.78. The summed E-state index contributed by atoms with van der Waals surface area (Å²) in [5.41, 5.74) is -5.45. The molecule has 0 amide bonds. The minimum absolute atomic E-state index is 0.115. The minimum atomic E-state index is -5.56. The maximum absolute atomic E-state index is 12.5. The van der Waals surface area contributed by atoms with Crippen LogP contribution in [0.2, 0.25) is 0 Å². The number of sulfonamides is 1. The molecule has 0 aromatic carbocycles. The van der Waals surface area contributed by atoms with Crippen LogP contribution in [0.5, 0.6) is 0 Å². The molecule has 5 nitrogen and oxygen atoms in total. The Kier molecular flexibility index (Phi) is 3.09. The van der Waals surface area contributed by atoms with Crippen LogP contribution in [-0.4, -0.2) is 41.9 Å². The summed E-state index contributed by atoms with van der Waals surface area (Å²) in [6, 6.07) is -1.58. The number of alkyl halides is 3. The summed E-state index contributed by atoms with van der Waals surface area (Å²) in [5.74, 6) is -2.28. The average molecular weight is 287 g/mol. The third-order valence-electron chi connectivity index (χ3n) is 3.70. The fraction of sp³-hybridized carbons (Fsp3) is 0.889. The van der Waals surface area contributed by atoms with Crippen LogP contribution in [0.1, 0.15) is 19.3 Å². The van der Waals surface area contributed by atoms with E-state index in [9.17, 15) is 26.4 Å². The van der Waals surface area contributed by atoms with Gasteiger partial charge in [-0.1, -0.05) is 6.42 Å². The van der Waals surface area contributed by atoms with Crippen molar-refractivity contribution in [2.45, 2.75) is 30.8 Å². The number of carbonyl (C=O) groups is 1. The molecule has 104 valence electrons. The van der Waals surface area contributed by atoms with Gasteiger partial charge in [-0.3, -0.25) is 4.79 Å². The van der Waals surface area contributed by atoms with E-state index in [2.05, 4.69) is 0 Å². The number of hydrogen-bond acceptors (Lipinski definition) is 3. The van der Waals surface area contributed by atoms with Crippen LogP contribution in [-0.2, 0) is 14.8 Å². The van der Waals surface area contributed by atoms with Crippen molar-refractivity contribution >= 4 is 16.0 Å². The first-order chi connectivity index (χ1) is 8.16. The fourth-order valence-corrected chi connectivity index (χ4v) is 4.15. The topological polar surface area (TPSA) is 74.7 Å². The SMILES string of the molecule is O=C(O)C1C2CCCC2CN1S(=O)(=O)C(F)(F)F. The van der Waals surface area contributed by atoms with E-state index >= 15 is 0 Å². The summed E-state index contributed by atoms with van der Waals surface area (Å²) >= 11 is 0. The maximum Gasteiger partial charge on any atom is 0.511 e. The van der Waals surface area contributed by atoms with Gasteiger partial charge in [-0.05, 0) is 24.7 Å². The molecule has 1 aliphatic heterocycles. The van der Waals surface area contributed by atoms with Gasteiger partial charge in [0.25, 0.3) is 0 Å². The first kappa shape index (κ1) is 13.6. The van der Waals surface area contributed by atoms with Crippen LogP contribution in [0.3, 0.4) is 0 Å². The van der Waals surface area contributed by atoms with E-state index in [1.807, 2.05) is 0 Å². The molecule has 3 atom stereocenters. The van der Waals surface area contributed by atoms with Crippen molar-refractivity contribution in [3.05, 3.63) is 0 Å². The second kappa shape index (κ2) is 4.09. The van der Waals surface area contributed by atoms with Crippen LogP contribution < -0.4 is 0 Å². The predicted molar refractivity (Wildman–Crippen MR) is 53.9 cm³/mol. The van der Waals surface area contributed by atoms with Crippen LogP contribution in [0.25, 0.3) is 0 Å². The lowest BCUT2D eigenvalue weighted by Crippen LogP contribution is -2.48. The molecule has 1 saturated heterocycles. The van der Waals surface area contributed by atoms with Crippen LogP contribution >= 0.6 is 0 Å². The quantitative estimate of drug-likeness (QED) is 0.823. The van der Waals surface area contributed by atoms with E-state index in [1.165, 1.54) is 0 Å². The number of nitrogens with zero attached hydrogens (tertiary/aromatic N) is 1. The van der Waals surface area contributed by atoms with Gasteiger partial charge in [0.2, 0.25) is 0 Å². The molecule has 0 spiro atoms. The molecule has 1 saturated carbocycles. The van der Waals surface area contributed by atoms with Crippen molar-refractivity contribution in [3.8, 4) is 0 Å². The highest BCUT2D eigenvalue weighted by molar-refractivity contribution is 7.90. The molecule has 1 aliphatic carbocycles. The van der Waals surface area contributed by atoms with E-state index in [0.29, 0.717) is 12.8 Å². The molecule has 1 heterocycles. The Bertz CT molecular complexity index is 461. The van der Waals surface area contributed by atoms with Crippen molar-refractivity contribution < 1.29 is 31.5 Å². The fourth-order valence-electron chi connectivity index (χ4n) is 2.95. The van der Waals surface area contributed by atoms with Gasteiger partial charge in [-0.2, -0.15) is 17.5 Å². The Balaban J connectivity index is 2.37. The second-order valence-electron chi connectivity index (χ2n) is 4.66. The summed E-state index contributed by atoms with van der Waals surface area (Å²) in [5, 5.41) is 8.99. The zero-order valence-corrected chi connectivity index (χ0v) is 10.0. The van der Waals surface area contributed by atoms with Crippen molar-refractivity contribution in [1.82, 2.24) is 4.31 Å². The van der Waals surface area contributed by atoms with Crippen molar-refractivity contribution in [2.75, 3.05) is 6.54 Å². The first-order valence-electron chi connectivity index (χ1n) is 5.47. The lowest BCUT2D eigenvalue weighted by Gasteiger charge is -2.24. The molecule has 0 bridgehead atoms. The second-order valence-corrected chi connectivity index (χ2v) is 6.54. The molecule has 0 radical (unpaired) electrons. The number of fused-ring (bicyclic) bond motifs is 1. The zero-order chi connectivity index (χ0) is 13.7. The monoisotopic (exact) mass is 287 g/mol. The largest absolute Gasteiger partial charge is 0.511 e. The summed E-state index contributed by atoms with van der Waals surface area (Å²) in [4.78, 5) is 11.1. The van der Waals surface area contributed by atoms with Crippen LogP contribution in [0.15, 0.2) is 0 Å². The van der Waals surface area contributed by atoms with Crippen LogP contribution in [0, 0.1) is 11.8 Å². The Morgan fingerprint density at radius 1 is 1.28 bits per heavy atom. The molecule has 2 aliphatic rings. The smallest absolute Gasteiger partial charge is 0.480 e. The molecule has 0 aromatic rings. The summed E-state index contributed by atoms with van der Waals surface area (Å²) < 4.78 is 60.2. The Labute approximate surface area is 102 Å². The lowest BCUT2D eigenvalue weighted by atomic mass is 9.94. The van der Waals surface area contributed by atoms with Gasteiger partial charge < -0.3 is 5.11 Å². The van der Waals surface area contributed by atoms with Gasteiger partial charge in [-0.15, -0.1) is 0 Å². The van der Waals surface area contributed by atoms with Gasteiger partial charge >= 0.3 is 21.5 Å². The summed E-state index contributed by atoms with van der Waals surface area (Å²) in [7, 11) is -5.56. The number of rotatable bonds is 2. The van der Waals surface area contributed by atoms with E-state index in [1.54, 1.807) is 0 Å². The molecule has 18 heavy (non-hydrogen) atoms. The zero-order valence-electron chi connectivity index (χ0n) is 9.22. The van der Waals surface area contributed by atoms with E-state index < -0.39 is 33.5 Å². The highest BCUT2D eigenvalue weighted by Gasteiger charge is 2.59. The Morgan fingerprint density at radius 2 is 1.89 bits per heavy atom. The van der Waals surface area contributed by atoms with E-state index in [0.717, 1.165) is 6.42 Å². The van der Waals surface area contributed by atoms with Gasteiger partial charge in [0.15, 0.2) is 0 Å². The molecule has 1 N–H and O–H groups in total. The predicted octanol–water partition coefficient (Wildman–Crippen LogP) is 1.02. The third-order valence-corrected chi connectivity index (χ3v) is 5.28. The molecule has 3 unspecified atom stereocenters. The highest BCUT2D eigenvalue weighted by Crippen LogP contribution is 2.45. The number of halogens is 3. The number of hydrogen-bond donors (Lipinski definition) is 1. The van der Waals surface area contributed by atoms with Crippen molar-refractivity contribution in [2.24, 2.45) is 11.8 Å². The van der Waals surface area contributed by atoms with E-state index in [4.69, 9.17) is 5.11 Å². The van der Waals surface area contributed by atoms with Gasteiger partial charge in [0.05, 0.1) is 0 Å². The highest BCUT2D eigenvalue weighted by atomic mass is 32.2. The number of carboxylic acid groups (broad SMARTS) is 1. The van der Waals surface area contributed by atoms with Crippen LogP contribution in [0.4, 0.5) is 13.2 Å². The van der Waals surface area contributed by atoms with Gasteiger partial charge in [0, 0.05) is 6.54 Å². The van der Waals surface area contributed by atoms with Gasteiger partial charge in [0.1, 0.15) is 6.04 Å². The molecule has 9 heteroatoms. The number of carboxylic acids is 1. The molecular formula is C9H12F3NO4S. The Morgan fingerprint density at radius 3 is 2.39 bits per heavy atom. The van der Waals surface area contributed by atoms with E-state index in [-0.39, 0.29) is 16.8 Å². The summed E-state index contributed by atoms with van der Waals surface area (Å²) in [6.45, 7) is -0.344. The lowest BCUT2D eigenvalue weighted by molar-refractivity contribution is -0.142. The third kappa shape index (κ3) is 1.89. The van der Waals surface area contributed by atoms with Gasteiger partial charge in [-0.25, -0.2) is 8.42 Å². The molecule has 2 rings (SSSR count). The minimum Gasteiger partial charge on any atom is -0.480 e. The first-order valence-corrected chi connectivity index (χ1v) is 6.91. The van der Waals surface area contributed by atoms with Crippen molar-refractivity contribution in [1.29, 1.82) is 0 Å². The van der Waals surface area contributed by atoms with Crippen molar-refractivity contribution in [3.63, 3.8) is 0 Å². The normalized spacial score (nSPS) is 33.6. The number of aliphatic carboxylic acids is 1. The average Bonchev–Trinajstić information content (AvgIpc) is 2.72. The maximum atomic E-state index is 12.5. The molecule has 2 fully saturated rings. The molecule has 0 aromatic heterocycles. The Hall–Kier alpha value is -0.830. The standard InChI is InChI=1S/C9H12F3NO4S/c10-9(11,12)18(16,17)13-4-5-2-1-3-6(5)7(13)8(14)15/h5-7H,1-4H2,(H,14,15). The molecular weight excluding hydrogens is 275 g/mol.